The Morgan fingerprint density at radius 3 is 2.45 bits per heavy atom. The molecule has 5 rings (SSSR count). The van der Waals surface area contributed by atoms with Crippen LogP contribution in [0.1, 0.15) is 29.1 Å². The minimum atomic E-state index is -0.949. The topological polar surface area (TPSA) is 103 Å². The van der Waals surface area contributed by atoms with E-state index in [0.29, 0.717) is 32.9 Å². The van der Waals surface area contributed by atoms with Gasteiger partial charge >= 0.3 is 0 Å². The van der Waals surface area contributed by atoms with Crippen LogP contribution in [0.4, 0.5) is 17.1 Å². The summed E-state index contributed by atoms with van der Waals surface area (Å²) in [5.74, 6) is -2.33. The lowest BCUT2D eigenvalue weighted by molar-refractivity contribution is -0.117. The molecule has 1 atom stereocenters. The van der Waals surface area contributed by atoms with Crippen molar-refractivity contribution in [1.82, 2.24) is 0 Å². The number of Topliss-reactive ketones (excluding diaryl/α,β-unsaturated/α-hetero) is 1. The number of fused-ring (bicyclic) bond motifs is 1. The molecule has 0 saturated carbocycles. The zero-order chi connectivity index (χ0) is 27.1. The van der Waals surface area contributed by atoms with Crippen LogP contribution in [-0.2, 0) is 9.59 Å². The number of aliphatic hydroxyl groups excluding tert-OH is 1. The summed E-state index contributed by atoms with van der Waals surface area (Å²) in [6, 6.07) is 19.6. The van der Waals surface area contributed by atoms with Crippen molar-refractivity contribution in [2.24, 2.45) is 0 Å². The third-order valence-electron chi connectivity index (χ3n) is 6.32. The number of benzene rings is 3. The molecular weight excluding hydrogens is 506 g/mol. The maximum Gasteiger partial charge on any atom is 0.294 e. The molecule has 1 aliphatic rings. The predicted octanol–water partition coefficient (Wildman–Crippen LogP) is 5.89. The van der Waals surface area contributed by atoms with Crippen molar-refractivity contribution in [3.8, 4) is 0 Å². The highest BCUT2D eigenvalue weighted by atomic mass is 35.5. The van der Waals surface area contributed by atoms with Crippen molar-refractivity contribution in [1.29, 1.82) is 0 Å². The fourth-order valence-corrected chi connectivity index (χ4v) is 4.75. The SMILES string of the molecule is CC(=O)Nc1cccc(N2C(=O)C(O)=C(C(=O)c3cc4cc(Cl)ccc4o3)C2c2ccc(N(C)C)cc2)c1. The second-order valence-electron chi connectivity index (χ2n) is 9.18. The van der Waals surface area contributed by atoms with Crippen molar-refractivity contribution in [2.75, 3.05) is 29.2 Å². The Morgan fingerprint density at radius 2 is 1.76 bits per heavy atom. The molecule has 8 nitrogen and oxygen atoms in total. The highest BCUT2D eigenvalue weighted by Gasteiger charge is 2.45. The summed E-state index contributed by atoms with van der Waals surface area (Å²) < 4.78 is 5.78. The standard InChI is InChI=1S/C29H24ClN3O5/c1-16(34)31-20-5-4-6-22(15-20)33-26(17-7-10-21(11-8-17)32(2)3)25(28(36)29(33)37)27(35)24-14-18-13-19(30)9-12-23(18)38-24/h4-15,26,36H,1-3H3,(H,31,34). The van der Waals surface area contributed by atoms with E-state index in [1.54, 1.807) is 48.5 Å². The van der Waals surface area contributed by atoms with Gasteiger partial charge in [0.05, 0.1) is 11.6 Å². The molecule has 0 spiro atoms. The van der Waals surface area contributed by atoms with Gasteiger partial charge in [0.15, 0.2) is 11.5 Å². The first-order valence-corrected chi connectivity index (χ1v) is 12.2. The Morgan fingerprint density at radius 1 is 1.03 bits per heavy atom. The summed E-state index contributed by atoms with van der Waals surface area (Å²) in [6.07, 6.45) is 0. The van der Waals surface area contributed by atoms with E-state index in [0.717, 1.165) is 5.69 Å². The number of halogens is 1. The van der Waals surface area contributed by atoms with Crippen LogP contribution in [0.3, 0.4) is 0 Å². The first-order valence-electron chi connectivity index (χ1n) is 11.8. The van der Waals surface area contributed by atoms with Crippen LogP contribution >= 0.6 is 11.6 Å². The second-order valence-corrected chi connectivity index (χ2v) is 9.62. The van der Waals surface area contributed by atoms with E-state index in [2.05, 4.69) is 5.32 Å². The van der Waals surface area contributed by atoms with Crippen LogP contribution in [0, 0.1) is 0 Å². The second kappa shape index (κ2) is 9.72. The first kappa shape index (κ1) is 25.1. The van der Waals surface area contributed by atoms with Gasteiger partial charge in [-0.3, -0.25) is 19.3 Å². The summed E-state index contributed by atoms with van der Waals surface area (Å²) in [7, 11) is 3.81. The van der Waals surface area contributed by atoms with Crippen LogP contribution in [0.25, 0.3) is 11.0 Å². The van der Waals surface area contributed by atoms with Crippen LogP contribution in [0.15, 0.2) is 88.5 Å². The third-order valence-corrected chi connectivity index (χ3v) is 6.56. The van der Waals surface area contributed by atoms with Gasteiger partial charge in [-0.05, 0) is 60.2 Å². The molecule has 1 aliphatic heterocycles. The van der Waals surface area contributed by atoms with Gasteiger partial charge in [-0.25, -0.2) is 0 Å². The Hall–Kier alpha value is -4.56. The maximum atomic E-state index is 13.8. The predicted molar refractivity (Wildman–Crippen MR) is 147 cm³/mol. The number of amides is 2. The van der Waals surface area contributed by atoms with Crippen LogP contribution in [-0.4, -0.2) is 36.8 Å². The smallest absolute Gasteiger partial charge is 0.294 e. The average Bonchev–Trinajstić information content (AvgIpc) is 3.41. The number of hydrogen-bond acceptors (Lipinski definition) is 6. The van der Waals surface area contributed by atoms with E-state index < -0.39 is 23.5 Å². The van der Waals surface area contributed by atoms with Crippen molar-refractivity contribution in [3.63, 3.8) is 0 Å². The lowest BCUT2D eigenvalue weighted by atomic mass is 9.94. The van der Waals surface area contributed by atoms with Crippen molar-refractivity contribution >= 4 is 57.2 Å². The van der Waals surface area contributed by atoms with Gasteiger partial charge < -0.3 is 19.7 Å². The molecule has 1 unspecified atom stereocenters. The fourth-order valence-electron chi connectivity index (χ4n) is 4.57. The van der Waals surface area contributed by atoms with E-state index in [-0.39, 0.29) is 17.2 Å². The summed E-state index contributed by atoms with van der Waals surface area (Å²) in [5, 5.41) is 14.9. The zero-order valence-corrected chi connectivity index (χ0v) is 21.6. The Kier molecular flexibility index (Phi) is 6.42. The quantitative estimate of drug-likeness (QED) is 0.302. The lowest BCUT2D eigenvalue weighted by Gasteiger charge is -2.27. The number of carbonyl (C=O) groups excluding carboxylic acids is 3. The van der Waals surface area contributed by atoms with E-state index >= 15 is 0 Å². The van der Waals surface area contributed by atoms with Crippen LogP contribution in [0.5, 0.6) is 0 Å². The van der Waals surface area contributed by atoms with Crippen molar-refractivity contribution in [3.05, 3.63) is 100 Å². The van der Waals surface area contributed by atoms with E-state index in [1.807, 2.05) is 43.3 Å². The monoisotopic (exact) mass is 529 g/mol. The fraction of sp³-hybridized carbons (Fsp3) is 0.138. The molecule has 0 saturated heterocycles. The minimum Gasteiger partial charge on any atom is -0.503 e. The van der Waals surface area contributed by atoms with Crippen molar-refractivity contribution < 1.29 is 23.9 Å². The highest BCUT2D eigenvalue weighted by Crippen LogP contribution is 2.43. The van der Waals surface area contributed by atoms with Gasteiger partial charge in [0.25, 0.3) is 5.91 Å². The molecule has 0 aliphatic carbocycles. The van der Waals surface area contributed by atoms with Crippen molar-refractivity contribution in [2.45, 2.75) is 13.0 Å². The van der Waals surface area contributed by atoms with Gasteiger partial charge in [-0.1, -0.05) is 29.8 Å². The number of nitrogens with one attached hydrogen (secondary N) is 1. The molecule has 1 aromatic heterocycles. The molecule has 9 heteroatoms. The molecule has 3 aromatic carbocycles. The largest absolute Gasteiger partial charge is 0.503 e. The molecule has 0 radical (unpaired) electrons. The normalized spacial score (nSPS) is 15.3. The molecule has 0 bridgehead atoms. The third kappa shape index (κ3) is 4.50. The highest BCUT2D eigenvalue weighted by molar-refractivity contribution is 6.31. The number of anilines is 3. The van der Waals surface area contributed by atoms with Gasteiger partial charge in [-0.2, -0.15) is 0 Å². The molecule has 0 fully saturated rings. The lowest BCUT2D eigenvalue weighted by Crippen LogP contribution is -2.31. The molecule has 2 N–H and O–H groups in total. The van der Waals surface area contributed by atoms with Gasteiger partial charge in [0.2, 0.25) is 11.7 Å². The Labute approximate surface area is 223 Å². The molecular formula is C29H24ClN3O5. The molecule has 2 heterocycles. The summed E-state index contributed by atoms with van der Waals surface area (Å²) in [4.78, 5) is 42.2. The van der Waals surface area contributed by atoms with E-state index in [9.17, 15) is 19.5 Å². The van der Waals surface area contributed by atoms with E-state index in [1.165, 1.54) is 11.8 Å². The number of hydrogen-bond donors (Lipinski definition) is 2. The molecule has 38 heavy (non-hydrogen) atoms. The summed E-state index contributed by atoms with van der Waals surface area (Å²) in [5.41, 5.74) is 2.75. The van der Waals surface area contributed by atoms with Crippen LogP contribution < -0.4 is 15.1 Å². The average molecular weight is 530 g/mol. The first-order chi connectivity index (χ1) is 18.1. The van der Waals surface area contributed by atoms with Gasteiger partial charge in [-0.15, -0.1) is 0 Å². The zero-order valence-electron chi connectivity index (χ0n) is 20.9. The number of ketones is 1. The number of nitrogens with zero attached hydrogens (tertiary/aromatic N) is 2. The number of carbonyl (C=O) groups is 3. The van der Waals surface area contributed by atoms with Crippen LogP contribution in [0.2, 0.25) is 5.02 Å². The van der Waals surface area contributed by atoms with Gasteiger partial charge in [0.1, 0.15) is 5.58 Å². The minimum absolute atomic E-state index is 0.0274. The number of rotatable bonds is 6. The van der Waals surface area contributed by atoms with Gasteiger partial charge in [0, 0.05) is 48.5 Å². The van der Waals surface area contributed by atoms with E-state index in [4.69, 9.17) is 16.0 Å². The number of furan rings is 1. The summed E-state index contributed by atoms with van der Waals surface area (Å²) in [6.45, 7) is 1.38. The Bertz CT molecular complexity index is 1620. The molecule has 192 valence electrons. The molecule has 2 amide bonds. The molecule has 4 aromatic rings. The summed E-state index contributed by atoms with van der Waals surface area (Å²) >= 11 is 6.09. The Balaban J connectivity index is 1.64. The maximum absolute atomic E-state index is 13.8. The number of aliphatic hydroxyl groups is 1.